The average Bonchev–Trinajstić information content (AvgIpc) is 2.68. The van der Waals surface area contributed by atoms with Crippen molar-refractivity contribution in [2.24, 2.45) is 0 Å². The lowest BCUT2D eigenvalue weighted by Gasteiger charge is -2.07. The van der Waals surface area contributed by atoms with E-state index in [0.717, 1.165) is 10.0 Å². The molecule has 8 heteroatoms. The minimum atomic E-state index is -3.67. The fourth-order valence-corrected chi connectivity index (χ4v) is 4.30. The van der Waals surface area contributed by atoms with Crippen LogP contribution in [0.25, 0.3) is 0 Å². The maximum atomic E-state index is 12.1. The maximum absolute atomic E-state index is 12.1. The Balaban J connectivity index is 2.22. The molecule has 0 bridgehead atoms. The van der Waals surface area contributed by atoms with Gasteiger partial charge in [0.1, 0.15) is 0 Å². The number of hydrogen-bond acceptors (Lipinski definition) is 4. The van der Waals surface area contributed by atoms with E-state index in [1.807, 2.05) is 24.3 Å². The average molecular weight is 363 g/mol. The molecule has 19 heavy (non-hydrogen) atoms. The van der Waals surface area contributed by atoms with E-state index in [4.69, 9.17) is 0 Å². The van der Waals surface area contributed by atoms with Gasteiger partial charge in [0, 0.05) is 16.7 Å². The summed E-state index contributed by atoms with van der Waals surface area (Å²) in [5.41, 5.74) is 1.18. The third-order valence-corrected chi connectivity index (χ3v) is 6.22. The number of hydrogen-bond donors (Lipinski definition) is 2. The Kier molecular flexibility index (Phi) is 4.24. The molecule has 0 fully saturated rings. The number of aromatic amines is 1. The molecule has 0 unspecified atom stereocenters. The highest BCUT2D eigenvalue weighted by molar-refractivity contribution is 9.10. The molecule has 2 N–H and O–H groups in total. The molecule has 2 aromatic rings. The van der Waals surface area contributed by atoms with Gasteiger partial charge in [-0.05, 0) is 18.6 Å². The van der Waals surface area contributed by atoms with Crippen LogP contribution in [-0.4, -0.2) is 13.4 Å². The van der Waals surface area contributed by atoms with Crippen LogP contribution in [-0.2, 0) is 16.6 Å². The summed E-state index contributed by atoms with van der Waals surface area (Å²) in [5, 5.41) is 0. The van der Waals surface area contributed by atoms with E-state index >= 15 is 0 Å². The Morgan fingerprint density at radius 3 is 2.63 bits per heavy atom. The van der Waals surface area contributed by atoms with E-state index in [-0.39, 0.29) is 15.6 Å². The molecule has 0 saturated heterocycles. The van der Waals surface area contributed by atoms with Crippen molar-refractivity contribution in [2.45, 2.75) is 17.7 Å². The summed E-state index contributed by atoms with van der Waals surface area (Å²) in [4.78, 5) is 13.2. The minimum Gasteiger partial charge on any atom is -0.315 e. The number of aromatic nitrogens is 1. The Hall–Kier alpha value is -0.960. The van der Waals surface area contributed by atoms with E-state index in [9.17, 15) is 13.2 Å². The lowest BCUT2D eigenvalue weighted by molar-refractivity contribution is 0.582. The molecule has 102 valence electrons. The zero-order valence-corrected chi connectivity index (χ0v) is 13.2. The van der Waals surface area contributed by atoms with Crippen LogP contribution in [0.3, 0.4) is 0 Å². The number of aryl methyl sites for hydroxylation is 1. The normalized spacial score (nSPS) is 11.7. The predicted molar refractivity (Wildman–Crippen MR) is 77.8 cm³/mol. The summed E-state index contributed by atoms with van der Waals surface area (Å²) in [6.07, 6.45) is 0. The highest BCUT2D eigenvalue weighted by Crippen LogP contribution is 2.18. The van der Waals surface area contributed by atoms with E-state index in [0.29, 0.717) is 17.0 Å². The Morgan fingerprint density at radius 1 is 1.37 bits per heavy atom. The van der Waals surface area contributed by atoms with Crippen LogP contribution in [0.4, 0.5) is 0 Å². The molecule has 0 saturated carbocycles. The quantitative estimate of drug-likeness (QED) is 0.872. The van der Waals surface area contributed by atoms with Gasteiger partial charge in [-0.25, -0.2) is 13.1 Å². The summed E-state index contributed by atoms with van der Waals surface area (Å²) in [6.45, 7) is 1.72. The van der Waals surface area contributed by atoms with Crippen molar-refractivity contribution >= 4 is 37.3 Å². The molecular formula is C11H11BrN2O3S2. The summed E-state index contributed by atoms with van der Waals surface area (Å²) in [5.74, 6) is 0. The van der Waals surface area contributed by atoms with Gasteiger partial charge >= 0.3 is 4.87 Å². The van der Waals surface area contributed by atoms with Crippen LogP contribution < -0.4 is 9.60 Å². The van der Waals surface area contributed by atoms with Gasteiger partial charge in [-0.15, -0.1) is 0 Å². The number of halogens is 1. The maximum Gasteiger partial charge on any atom is 0.305 e. The van der Waals surface area contributed by atoms with Gasteiger partial charge in [-0.1, -0.05) is 45.5 Å². The molecule has 2 rings (SSSR count). The number of H-pyrrole nitrogens is 1. The first-order chi connectivity index (χ1) is 8.90. The van der Waals surface area contributed by atoms with Crippen molar-refractivity contribution in [3.05, 3.63) is 49.7 Å². The molecule has 0 aliphatic heterocycles. The van der Waals surface area contributed by atoms with Crippen LogP contribution >= 0.6 is 27.3 Å². The van der Waals surface area contributed by atoms with E-state index in [1.165, 1.54) is 0 Å². The van der Waals surface area contributed by atoms with Gasteiger partial charge in [-0.3, -0.25) is 4.79 Å². The molecule has 1 aromatic heterocycles. The highest BCUT2D eigenvalue weighted by atomic mass is 79.9. The second-order valence-electron chi connectivity index (χ2n) is 3.84. The first-order valence-electron chi connectivity index (χ1n) is 5.33. The molecule has 0 spiro atoms. The topological polar surface area (TPSA) is 79.0 Å². The van der Waals surface area contributed by atoms with Gasteiger partial charge in [0.15, 0.2) is 4.21 Å². The van der Waals surface area contributed by atoms with Crippen LogP contribution in [0.1, 0.15) is 11.3 Å². The lowest BCUT2D eigenvalue weighted by Crippen LogP contribution is -2.23. The van der Waals surface area contributed by atoms with Gasteiger partial charge in [-0.2, -0.15) is 0 Å². The predicted octanol–water partition coefficient (Wildman–Crippen LogP) is 1.99. The number of benzene rings is 1. The van der Waals surface area contributed by atoms with E-state index in [1.54, 1.807) is 6.92 Å². The van der Waals surface area contributed by atoms with Gasteiger partial charge in [0.05, 0.1) is 0 Å². The summed E-state index contributed by atoms with van der Waals surface area (Å²) >= 11 is 4.04. The summed E-state index contributed by atoms with van der Waals surface area (Å²) in [6, 6.07) is 7.33. The van der Waals surface area contributed by atoms with Crippen LogP contribution in [0.15, 0.2) is 37.7 Å². The van der Waals surface area contributed by atoms with E-state index < -0.39 is 10.0 Å². The number of nitrogens with one attached hydrogen (secondary N) is 2. The molecule has 1 heterocycles. The molecule has 0 aliphatic carbocycles. The number of thiazole rings is 1. The minimum absolute atomic E-state index is 0.0320. The van der Waals surface area contributed by atoms with E-state index in [2.05, 4.69) is 25.6 Å². The number of sulfonamides is 1. The molecule has 0 radical (unpaired) electrons. The van der Waals surface area contributed by atoms with Crippen molar-refractivity contribution in [3.8, 4) is 0 Å². The fourth-order valence-electron chi connectivity index (χ4n) is 1.53. The van der Waals surface area contributed by atoms with Crippen LogP contribution in [0.5, 0.6) is 0 Å². The van der Waals surface area contributed by atoms with Crippen LogP contribution in [0, 0.1) is 6.92 Å². The van der Waals surface area contributed by atoms with Crippen molar-refractivity contribution in [1.29, 1.82) is 0 Å². The monoisotopic (exact) mass is 362 g/mol. The van der Waals surface area contributed by atoms with Crippen molar-refractivity contribution in [1.82, 2.24) is 9.71 Å². The Labute approximate surface area is 122 Å². The smallest absolute Gasteiger partial charge is 0.305 e. The highest BCUT2D eigenvalue weighted by Gasteiger charge is 2.20. The summed E-state index contributed by atoms with van der Waals surface area (Å²) < 4.78 is 27.5. The third-order valence-electron chi connectivity index (χ3n) is 2.44. The zero-order valence-electron chi connectivity index (χ0n) is 9.94. The van der Waals surface area contributed by atoms with Gasteiger partial charge in [0.2, 0.25) is 0 Å². The fraction of sp³-hybridized carbons (Fsp3) is 0.182. The van der Waals surface area contributed by atoms with Crippen molar-refractivity contribution < 1.29 is 8.42 Å². The first kappa shape index (κ1) is 14.4. The molecule has 5 nitrogen and oxygen atoms in total. The largest absolute Gasteiger partial charge is 0.315 e. The molecule has 0 aliphatic rings. The third kappa shape index (κ3) is 3.33. The zero-order chi connectivity index (χ0) is 14.0. The second kappa shape index (κ2) is 5.58. The SMILES string of the molecule is Cc1[nH]c(=O)sc1S(=O)(=O)NCc1ccccc1Br. The van der Waals surface area contributed by atoms with Crippen molar-refractivity contribution in [3.63, 3.8) is 0 Å². The summed E-state index contributed by atoms with van der Waals surface area (Å²) in [7, 11) is -3.67. The molecular weight excluding hydrogens is 352 g/mol. The first-order valence-corrected chi connectivity index (χ1v) is 8.42. The van der Waals surface area contributed by atoms with Crippen molar-refractivity contribution in [2.75, 3.05) is 0 Å². The number of rotatable bonds is 4. The lowest BCUT2D eigenvalue weighted by atomic mass is 10.2. The van der Waals surface area contributed by atoms with Crippen LogP contribution in [0.2, 0.25) is 0 Å². The standard InChI is InChI=1S/C11H11BrN2O3S2/c1-7-10(18-11(15)14-7)19(16,17)13-6-8-4-2-3-5-9(8)12/h2-5,13H,6H2,1H3,(H,14,15). The molecule has 1 aromatic carbocycles. The van der Waals surface area contributed by atoms with Gasteiger partial charge in [0.25, 0.3) is 10.0 Å². The molecule has 0 atom stereocenters. The molecule has 0 amide bonds. The Bertz CT molecular complexity index is 749. The Morgan fingerprint density at radius 2 is 2.05 bits per heavy atom. The van der Waals surface area contributed by atoms with Gasteiger partial charge < -0.3 is 4.98 Å². The second-order valence-corrected chi connectivity index (χ2v) is 7.64.